The topological polar surface area (TPSA) is 103 Å². The minimum Gasteiger partial charge on any atom is -0.494 e. The van der Waals surface area contributed by atoms with Crippen LogP contribution in [0.2, 0.25) is 0 Å². The van der Waals surface area contributed by atoms with Crippen molar-refractivity contribution in [1.29, 1.82) is 0 Å². The molecule has 108 valence electrons. The maximum atomic E-state index is 11.3. The van der Waals surface area contributed by atoms with Crippen LogP contribution in [-0.4, -0.2) is 30.3 Å². The van der Waals surface area contributed by atoms with Crippen molar-refractivity contribution in [2.75, 3.05) is 19.1 Å². The molecule has 0 fully saturated rings. The number of benzene rings is 1. The van der Waals surface area contributed by atoms with Crippen molar-refractivity contribution in [3.05, 3.63) is 28.3 Å². The smallest absolute Gasteiger partial charge is 0.354 e. The summed E-state index contributed by atoms with van der Waals surface area (Å²) in [5.74, 6) is -0.291. The third kappa shape index (κ3) is 3.94. The summed E-state index contributed by atoms with van der Waals surface area (Å²) < 4.78 is 9.79. The van der Waals surface area contributed by atoms with Crippen molar-refractivity contribution < 1.29 is 19.2 Å². The number of rotatable bonds is 6. The second-order valence-electron chi connectivity index (χ2n) is 3.67. The van der Waals surface area contributed by atoms with E-state index in [-0.39, 0.29) is 23.8 Å². The summed E-state index contributed by atoms with van der Waals surface area (Å²) in [5.41, 5.74) is 3.05. The number of hydrogen-bond donors (Lipinski definition) is 1. The van der Waals surface area contributed by atoms with Crippen LogP contribution in [0.15, 0.2) is 23.3 Å². The molecule has 0 aliphatic carbocycles. The summed E-state index contributed by atoms with van der Waals surface area (Å²) >= 11 is 0. The Kier molecular flexibility index (Phi) is 5.45. The molecule has 0 aliphatic heterocycles. The Morgan fingerprint density at radius 1 is 1.50 bits per heavy atom. The first-order valence-corrected chi connectivity index (χ1v) is 5.79. The molecule has 8 nitrogen and oxygen atoms in total. The summed E-state index contributed by atoms with van der Waals surface area (Å²) in [6.45, 7) is 3.44. The maximum Gasteiger partial charge on any atom is 0.354 e. The number of nitro groups is 1. The number of hydrazone groups is 1. The zero-order valence-corrected chi connectivity index (χ0v) is 11.4. The van der Waals surface area contributed by atoms with E-state index in [9.17, 15) is 14.9 Å². The number of ether oxygens (including phenoxy) is 2. The fourth-order valence-electron chi connectivity index (χ4n) is 1.31. The summed E-state index contributed by atoms with van der Waals surface area (Å²) in [6, 6.07) is 4.01. The first kappa shape index (κ1) is 15.4. The van der Waals surface area contributed by atoms with Crippen LogP contribution in [0.3, 0.4) is 0 Å². The van der Waals surface area contributed by atoms with Crippen molar-refractivity contribution in [3.63, 3.8) is 0 Å². The summed E-state index contributed by atoms with van der Waals surface area (Å²) in [5, 5.41) is 14.5. The van der Waals surface area contributed by atoms with Crippen LogP contribution < -0.4 is 10.2 Å². The summed E-state index contributed by atoms with van der Waals surface area (Å²) in [6.07, 6.45) is 0. The molecule has 0 aromatic heterocycles. The van der Waals surface area contributed by atoms with E-state index >= 15 is 0 Å². The van der Waals surface area contributed by atoms with Gasteiger partial charge in [0, 0.05) is 6.07 Å². The van der Waals surface area contributed by atoms with E-state index in [0.29, 0.717) is 5.69 Å². The van der Waals surface area contributed by atoms with Gasteiger partial charge in [-0.3, -0.25) is 15.5 Å². The van der Waals surface area contributed by atoms with Crippen molar-refractivity contribution in [2.24, 2.45) is 5.10 Å². The van der Waals surface area contributed by atoms with Gasteiger partial charge in [-0.25, -0.2) is 4.79 Å². The number of non-ortho nitro benzene ring substituents is 1. The molecule has 0 spiro atoms. The lowest BCUT2D eigenvalue weighted by Gasteiger charge is -2.08. The van der Waals surface area contributed by atoms with Crippen LogP contribution in [0.1, 0.15) is 13.8 Å². The van der Waals surface area contributed by atoms with Gasteiger partial charge in [-0.2, -0.15) is 5.10 Å². The molecule has 0 bridgehead atoms. The van der Waals surface area contributed by atoms with Crippen molar-refractivity contribution in [1.82, 2.24) is 0 Å². The molecule has 0 amide bonds. The average molecular weight is 281 g/mol. The van der Waals surface area contributed by atoms with E-state index in [4.69, 9.17) is 9.47 Å². The number of carbonyl (C=O) groups is 1. The molecule has 1 rings (SSSR count). The number of nitrogens with one attached hydrogen (secondary N) is 1. The lowest BCUT2D eigenvalue weighted by molar-refractivity contribution is -0.384. The second-order valence-corrected chi connectivity index (χ2v) is 3.67. The number of methoxy groups -OCH3 is 1. The van der Waals surface area contributed by atoms with Crippen molar-refractivity contribution >= 4 is 23.1 Å². The van der Waals surface area contributed by atoms with E-state index in [1.54, 1.807) is 6.92 Å². The molecule has 1 N–H and O–H groups in total. The Morgan fingerprint density at radius 3 is 2.75 bits per heavy atom. The monoisotopic (exact) mass is 281 g/mol. The van der Waals surface area contributed by atoms with Crippen LogP contribution in [0.5, 0.6) is 5.75 Å². The van der Waals surface area contributed by atoms with Crippen LogP contribution in [-0.2, 0) is 9.53 Å². The fraction of sp³-hybridized carbons (Fsp3) is 0.333. The highest BCUT2D eigenvalue weighted by molar-refractivity contribution is 6.35. The zero-order chi connectivity index (χ0) is 15.1. The van der Waals surface area contributed by atoms with Gasteiger partial charge in [0.25, 0.3) is 5.69 Å². The first-order valence-electron chi connectivity index (χ1n) is 5.79. The third-order valence-electron chi connectivity index (χ3n) is 2.31. The molecule has 0 unspecified atom stereocenters. The molecule has 0 radical (unpaired) electrons. The Hall–Kier alpha value is -2.64. The number of nitrogens with zero attached hydrogens (tertiary/aromatic N) is 2. The van der Waals surface area contributed by atoms with E-state index in [2.05, 4.69) is 10.5 Å². The van der Waals surface area contributed by atoms with E-state index < -0.39 is 10.9 Å². The Labute approximate surface area is 115 Å². The fourth-order valence-corrected chi connectivity index (χ4v) is 1.31. The molecule has 0 atom stereocenters. The molecule has 0 saturated carbocycles. The standard InChI is InChI=1S/C12H15N3O5/c1-4-20-12(16)8(2)13-14-10-6-5-9(15(17)18)7-11(10)19-3/h5-7,14H,4H2,1-3H3/b13-8+. The number of hydrogen-bond acceptors (Lipinski definition) is 7. The lowest BCUT2D eigenvalue weighted by atomic mass is 10.2. The van der Waals surface area contributed by atoms with Gasteiger partial charge in [0.1, 0.15) is 5.71 Å². The van der Waals surface area contributed by atoms with Crippen molar-refractivity contribution in [3.8, 4) is 5.75 Å². The predicted octanol–water partition coefficient (Wildman–Crippen LogP) is 1.95. The van der Waals surface area contributed by atoms with Crippen LogP contribution in [0.4, 0.5) is 11.4 Å². The Bertz CT molecular complexity index is 542. The SMILES string of the molecule is CCOC(=O)/C(C)=N/Nc1ccc([N+](=O)[O-])cc1OC. The largest absolute Gasteiger partial charge is 0.494 e. The molecule has 1 aromatic rings. The molecular formula is C12H15N3O5. The number of nitro benzene ring substituents is 1. The highest BCUT2D eigenvalue weighted by Crippen LogP contribution is 2.28. The van der Waals surface area contributed by atoms with E-state index in [1.165, 1.54) is 32.2 Å². The van der Waals surface area contributed by atoms with Gasteiger partial charge in [0.15, 0.2) is 5.75 Å². The molecular weight excluding hydrogens is 266 g/mol. The predicted molar refractivity (Wildman–Crippen MR) is 73.0 cm³/mol. The van der Waals surface area contributed by atoms with Gasteiger partial charge in [-0.15, -0.1) is 0 Å². The van der Waals surface area contributed by atoms with E-state index in [1.807, 2.05) is 0 Å². The minimum absolute atomic E-state index is 0.0986. The van der Waals surface area contributed by atoms with Gasteiger partial charge in [0.2, 0.25) is 0 Å². The molecule has 0 saturated heterocycles. The normalized spacial score (nSPS) is 10.8. The van der Waals surface area contributed by atoms with Gasteiger partial charge < -0.3 is 9.47 Å². The maximum absolute atomic E-state index is 11.3. The van der Waals surface area contributed by atoms with Crippen LogP contribution >= 0.6 is 0 Å². The minimum atomic E-state index is -0.541. The van der Waals surface area contributed by atoms with Gasteiger partial charge in [0.05, 0.1) is 30.4 Å². The molecule has 0 aliphatic rings. The second kappa shape index (κ2) is 7.07. The first-order chi connectivity index (χ1) is 9.49. The zero-order valence-electron chi connectivity index (χ0n) is 11.4. The molecule has 20 heavy (non-hydrogen) atoms. The van der Waals surface area contributed by atoms with Gasteiger partial charge in [-0.1, -0.05) is 0 Å². The number of carbonyl (C=O) groups excluding carboxylic acids is 1. The summed E-state index contributed by atoms with van der Waals surface area (Å²) in [7, 11) is 1.38. The Balaban J connectivity index is 2.90. The number of esters is 1. The van der Waals surface area contributed by atoms with Crippen LogP contribution in [0, 0.1) is 10.1 Å². The highest BCUT2D eigenvalue weighted by atomic mass is 16.6. The third-order valence-corrected chi connectivity index (χ3v) is 2.31. The molecule has 1 aromatic carbocycles. The van der Waals surface area contributed by atoms with Crippen LogP contribution in [0.25, 0.3) is 0 Å². The quantitative estimate of drug-likeness (QED) is 0.370. The van der Waals surface area contributed by atoms with Crippen molar-refractivity contribution in [2.45, 2.75) is 13.8 Å². The Morgan fingerprint density at radius 2 is 2.20 bits per heavy atom. The van der Waals surface area contributed by atoms with Gasteiger partial charge >= 0.3 is 5.97 Å². The number of anilines is 1. The van der Waals surface area contributed by atoms with Gasteiger partial charge in [-0.05, 0) is 19.9 Å². The average Bonchev–Trinajstić information content (AvgIpc) is 2.44. The highest BCUT2D eigenvalue weighted by Gasteiger charge is 2.12. The summed E-state index contributed by atoms with van der Waals surface area (Å²) in [4.78, 5) is 21.5. The molecule has 0 heterocycles. The van der Waals surface area contributed by atoms with E-state index in [0.717, 1.165) is 0 Å². The lowest BCUT2D eigenvalue weighted by Crippen LogP contribution is -2.15. The molecule has 8 heteroatoms.